The Morgan fingerprint density at radius 2 is 1.95 bits per heavy atom. The maximum Gasteiger partial charge on any atom is 0.269 e. The van der Waals surface area contributed by atoms with Crippen molar-refractivity contribution in [2.24, 2.45) is 0 Å². The Bertz CT molecular complexity index is 762. The molecule has 0 radical (unpaired) electrons. The monoisotopic (exact) mass is 317 g/mol. The van der Waals surface area contributed by atoms with Crippen molar-refractivity contribution in [1.29, 1.82) is 0 Å². The first-order valence-corrected chi connectivity index (χ1v) is 8.77. The molecule has 20 heavy (non-hydrogen) atoms. The van der Waals surface area contributed by atoms with Crippen molar-refractivity contribution in [3.63, 3.8) is 0 Å². The van der Waals surface area contributed by atoms with Gasteiger partial charge in [-0.05, 0) is 24.1 Å². The van der Waals surface area contributed by atoms with Crippen LogP contribution in [0.25, 0.3) is 0 Å². The fourth-order valence-electron chi connectivity index (χ4n) is 1.64. The molecular weight excluding hydrogens is 306 g/mol. The molecule has 108 valence electrons. The molecule has 1 aliphatic heterocycles. The molecule has 1 aromatic rings. The van der Waals surface area contributed by atoms with Crippen molar-refractivity contribution in [3.05, 3.63) is 45.9 Å². The van der Waals surface area contributed by atoms with E-state index in [1.165, 1.54) is 30.3 Å². The van der Waals surface area contributed by atoms with Gasteiger partial charge in [-0.1, -0.05) is 0 Å². The number of nitrogens with zero attached hydrogens (tertiary/aromatic N) is 1. The second-order valence-electron chi connectivity index (χ2n) is 4.16. The van der Waals surface area contributed by atoms with Crippen molar-refractivity contribution < 1.29 is 21.7 Å². The van der Waals surface area contributed by atoms with Gasteiger partial charge in [0, 0.05) is 17.5 Å². The first kappa shape index (κ1) is 14.7. The van der Waals surface area contributed by atoms with Crippen LogP contribution in [0.3, 0.4) is 0 Å². The van der Waals surface area contributed by atoms with Crippen molar-refractivity contribution in [3.8, 4) is 0 Å². The molecule has 1 aromatic carbocycles. The van der Waals surface area contributed by atoms with E-state index in [0.717, 1.165) is 5.41 Å². The van der Waals surface area contributed by atoms with E-state index in [1.54, 1.807) is 0 Å². The van der Waals surface area contributed by atoms with E-state index in [4.69, 9.17) is 4.18 Å². The predicted octanol–water partition coefficient (Wildman–Crippen LogP) is 0.912. The van der Waals surface area contributed by atoms with E-state index in [-0.39, 0.29) is 16.3 Å². The van der Waals surface area contributed by atoms with Crippen molar-refractivity contribution in [2.75, 3.05) is 5.75 Å². The molecule has 0 aliphatic carbocycles. The molecule has 7 nitrogen and oxygen atoms in total. The summed E-state index contributed by atoms with van der Waals surface area (Å²) in [4.78, 5) is 10.1. The molecular formula is C11H11NO6S2. The normalized spacial score (nSPS) is 23.3. The Morgan fingerprint density at radius 1 is 1.35 bits per heavy atom. The van der Waals surface area contributed by atoms with Gasteiger partial charge in [-0.2, -0.15) is 0 Å². The molecule has 0 saturated carbocycles. The van der Waals surface area contributed by atoms with Gasteiger partial charge in [0.15, 0.2) is 9.84 Å². The largest absolute Gasteiger partial charge is 0.286 e. The number of hydrogen-bond donors (Lipinski definition) is 0. The van der Waals surface area contributed by atoms with E-state index in [0.29, 0.717) is 0 Å². The van der Waals surface area contributed by atoms with E-state index in [9.17, 15) is 22.7 Å². The summed E-state index contributed by atoms with van der Waals surface area (Å²) in [5.74, 6) is 3.15. The summed E-state index contributed by atoms with van der Waals surface area (Å²) in [7, 11) is -6.49. The zero-order valence-corrected chi connectivity index (χ0v) is 11.8. The van der Waals surface area contributed by atoms with Crippen LogP contribution in [-0.4, -0.2) is 35.3 Å². The fraction of sp³-hybridized carbons (Fsp3) is 0.182. The lowest BCUT2D eigenvalue weighted by atomic mass is 10.3. The first-order chi connectivity index (χ1) is 9.20. The van der Waals surface area contributed by atoms with Gasteiger partial charge in [0.1, 0.15) is 15.9 Å². The zero-order chi connectivity index (χ0) is 15.0. The minimum absolute atomic E-state index is 0.146. The van der Waals surface area contributed by atoms with E-state index >= 15 is 0 Å². The highest BCUT2D eigenvalue weighted by Crippen LogP contribution is 2.21. The average molecular weight is 317 g/mol. The molecule has 0 bridgehead atoms. The molecule has 0 N–H and O–H groups in total. The fourth-order valence-corrected chi connectivity index (χ4v) is 4.08. The summed E-state index contributed by atoms with van der Waals surface area (Å²) >= 11 is 0. The second-order valence-corrected chi connectivity index (χ2v) is 7.98. The summed E-state index contributed by atoms with van der Waals surface area (Å²) < 4.78 is 40.0. The van der Waals surface area contributed by atoms with Gasteiger partial charge < -0.3 is 0 Å². The highest BCUT2D eigenvalue weighted by Gasteiger charge is 2.25. The Balaban J connectivity index is 2.19. The van der Waals surface area contributed by atoms with Gasteiger partial charge in [-0.25, -0.2) is 12.6 Å². The Labute approximate surface area is 116 Å². The molecule has 0 aromatic heterocycles. The molecule has 0 fully saturated rings. The SMILES string of the molecule is C=S(=O)(OC1C=CS(=O)(=O)C1)c1ccc([N+](=O)[O-])cc1. The number of nitro benzene ring substituents is 1. The minimum atomic E-state index is -3.32. The molecule has 0 amide bonds. The van der Waals surface area contributed by atoms with Crippen LogP contribution in [0.4, 0.5) is 5.69 Å². The number of non-ortho nitro benzene ring substituents is 1. The maximum atomic E-state index is 12.3. The van der Waals surface area contributed by atoms with Crippen molar-refractivity contribution >= 4 is 31.2 Å². The third-order valence-corrected chi connectivity index (χ3v) is 5.50. The number of rotatable bonds is 4. The average Bonchev–Trinajstić information content (AvgIpc) is 2.68. The molecule has 2 rings (SSSR count). The maximum absolute atomic E-state index is 12.3. The lowest BCUT2D eigenvalue weighted by molar-refractivity contribution is -0.384. The molecule has 2 unspecified atom stereocenters. The van der Waals surface area contributed by atoms with E-state index in [1.807, 2.05) is 0 Å². The topological polar surface area (TPSA) is 104 Å². The number of hydrogen-bond acceptors (Lipinski definition) is 6. The number of sulfone groups is 1. The van der Waals surface area contributed by atoms with Gasteiger partial charge in [0.2, 0.25) is 0 Å². The van der Waals surface area contributed by atoms with Gasteiger partial charge in [0.05, 0.1) is 15.6 Å². The summed E-state index contributed by atoms with van der Waals surface area (Å²) in [5.41, 5.74) is -0.146. The van der Waals surface area contributed by atoms with E-state index < -0.39 is 30.7 Å². The Hall–Kier alpha value is -1.71. The third kappa shape index (κ3) is 3.24. The predicted molar refractivity (Wildman–Crippen MR) is 74.4 cm³/mol. The van der Waals surface area contributed by atoms with Gasteiger partial charge >= 0.3 is 0 Å². The quantitative estimate of drug-likeness (QED) is 0.464. The van der Waals surface area contributed by atoms with Crippen LogP contribution in [0.2, 0.25) is 0 Å². The molecule has 2 atom stereocenters. The standard InChI is InChI=1S/C11H11NO6S2/c1-19(15,18-10-6-7-20(16,17)8-10)11-4-2-9(3-5-11)12(13)14/h2-7,10H,1,8H2. The van der Waals surface area contributed by atoms with E-state index in [2.05, 4.69) is 5.87 Å². The molecule has 0 saturated heterocycles. The number of nitro groups is 1. The van der Waals surface area contributed by atoms with Gasteiger partial charge in [0.25, 0.3) is 5.69 Å². The second kappa shape index (κ2) is 5.00. The lowest BCUT2D eigenvalue weighted by Gasteiger charge is -2.13. The Morgan fingerprint density at radius 3 is 2.40 bits per heavy atom. The highest BCUT2D eigenvalue weighted by atomic mass is 32.2. The van der Waals surface area contributed by atoms with Crippen molar-refractivity contribution in [1.82, 2.24) is 0 Å². The van der Waals surface area contributed by atoms with Crippen LogP contribution in [0.15, 0.2) is 40.6 Å². The molecule has 1 aliphatic rings. The summed E-state index contributed by atoms with van der Waals surface area (Å²) in [6.07, 6.45) is 0.464. The summed E-state index contributed by atoms with van der Waals surface area (Å²) in [6.45, 7) is 0. The zero-order valence-electron chi connectivity index (χ0n) is 10.2. The third-order valence-electron chi connectivity index (χ3n) is 2.58. The van der Waals surface area contributed by atoms with Crippen LogP contribution in [0.5, 0.6) is 0 Å². The van der Waals surface area contributed by atoms with Gasteiger partial charge in [-0.15, -0.1) is 0 Å². The van der Waals surface area contributed by atoms with Crippen molar-refractivity contribution in [2.45, 2.75) is 11.0 Å². The van der Waals surface area contributed by atoms with Crippen LogP contribution in [0, 0.1) is 10.1 Å². The Kier molecular flexibility index (Phi) is 3.67. The van der Waals surface area contributed by atoms with Crippen LogP contribution in [-0.2, 0) is 23.8 Å². The number of benzene rings is 1. The van der Waals surface area contributed by atoms with Crippen LogP contribution < -0.4 is 0 Å². The summed E-state index contributed by atoms with van der Waals surface area (Å²) in [6, 6.07) is 4.93. The van der Waals surface area contributed by atoms with Crippen LogP contribution in [0.1, 0.15) is 0 Å². The van der Waals surface area contributed by atoms with Crippen LogP contribution >= 0.6 is 0 Å². The summed E-state index contributed by atoms with van der Waals surface area (Å²) in [5, 5.41) is 11.5. The molecule has 0 spiro atoms. The highest BCUT2D eigenvalue weighted by molar-refractivity contribution is 7.96. The minimum Gasteiger partial charge on any atom is -0.286 e. The first-order valence-electron chi connectivity index (χ1n) is 5.40. The van der Waals surface area contributed by atoms with Gasteiger partial charge in [-0.3, -0.25) is 14.3 Å². The lowest BCUT2D eigenvalue weighted by Crippen LogP contribution is -2.20. The molecule has 9 heteroatoms. The smallest absolute Gasteiger partial charge is 0.269 e. The molecule has 1 heterocycles.